The summed E-state index contributed by atoms with van der Waals surface area (Å²) in [5.74, 6) is -0.103. The molecule has 1 aromatic heterocycles. The van der Waals surface area contributed by atoms with Gasteiger partial charge < -0.3 is 14.3 Å². The number of carbonyl (C=O) groups is 1. The van der Waals surface area contributed by atoms with Crippen LogP contribution in [0.3, 0.4) is 0 Å². The molecule has 0 spiro atoms. The molecule has 3 aromatic carbocycles. The molecule has 1 atom stereocenters. The first kappa shape index (κ1) is 25.6. The predicted molar refractivity (Wildman–Crippen MR) is 148 cm³/mol. The summed E-state index contributed by atoms with van der Waals surface area (Å²) in [6, 6.07) is 30.3. The van der Waals surface area contributed by atoms with Gasteiger partial charge in [-0.3, -0.25) is 4.79 Å². The van der Waals surface area contributed by atoms with Gasteiger partial charge >= 0.3 is 0 Å². The topological polar surface area (TPSA) is 56.1 Å². The monoisotopic (exact) mass is 497 g/mol. The Morgan fingerprint density at radius 2 is 1.44 bits per heavy atom. The molecule has 36 heavy (non-hydrogen) atoms. The van der Waals surface area contributed by atoms with Crippen LogP contribution in [-0.2, 0) is 17.9 Å². The first-order valence-corrected chi connectivity index (χ1v) is 14.3. The smallest absolute Gasteiger partial charge is 0.261 e. The van der Waals surface area contributed by atoms with Crippen molar-refractivity contribution in [1.29, 1.82) is 0 Å². The second-order valence-electron chi connectivity index (χ2n) is 10.2. The average Bonchev–Trinajstić information content (AvgIpc) is 3.29. The molecule has 1 N–H and O–H groups in total. The number of rotatable bonds is 9. The van der Waals surface area contributed by atoms with Gasteiger partial charge in [0.25, 0.3) is 14.2 Å². The van der Waals surface area contributed by atoms with Crippen molar-refractivity contribution in [3.8, 4) is 0 Å². The molecule has 0 bridgehead atoms. The first-order valence-electron chi connectivity index (χ1n) is 12.4. The largest absolute Gasteiger partial charge is 0.405 e. The van der Waals surface area contributed by atoms with E-state index in [1.54, 1.807) is 6.33 Å². The van der Waals surface area contributed by atoms with E-state index in [1.807, 2.05) is 60.3 Å². The zero-order valence-electron chi connectivity index (χ0n) is 21.5. The van der Waals surface area contributed by atoms with Crippen LogP contribution < -0.4 is 15.7 Å². The van der Waals surface area contributed by atoms with Crippen molar-refractivity contribution in [2.75, 3.05) is 6.61 Å². The normalized spacial score (nSPS) is 12.8. The highest BCUT2D eigenvalue weighted by Gasteiger charge is 2.50. The number of hydrogen-bond acceptors (Lipinski definition) is 3. The SMILES string of the molecule is Cn1cncc1C[C@@H](CO[Si](c1ccccc1)(c1ccccc1)C(C)(C)C)NC(=O)c1ccccc1. The van der Waals surface area contributed by atoms with Crippen LogP contribution >= 0.6 is 0 Å². The van der Waals surface area contributed by atoms with Gasteiger partial charge in [0.05, 0.1) is 19.0 Å². The Labute approximate surface area is 215 Å². The van der Waals surface area contributed by atoms with Gasteiger partial charge in [-0.2, -0.15) is 0 Å². The molecule has 186 valence electrons. The molecule has 0 radical (unpaired) electrons. The second-order valence-corrected chi connectivity index (χ2v) is 14.5. The number of benzene rings is 3. The molecule has 6 heteroatoms. The predicted octanol–water partition coefficient (Wildman–Crippen LogP) is 4.34. The van der Waals surface area contributed by atoms with E-state index in [-0.39, 0.29) is 17.0 Å². The molecule has 0 saturated heterocycles. The summed E-state index contributed by atoms with van der Waals surface area (Å²) in [5.41, 5.74) is 1.68. The van der Waals surface area contributed by atoms with Crippen LogP contribution in [0.25, 0.3) is 0 Å². The minimum atomic E-state index is -2.73. The van der Waals surface area contributed by atoms with Crippen LogP contribution in [0.4, 0.5) is 0 Å². The fourth-order valence-corrected chi connectivity index (χ4v) is 9.44. The molecule has 0 saturated carbocycles. The molecular formula is C30H35N3O2Si. The lowest BCUT2D eigenvalue weighted by Gasteiger charge is -2.43. The van der Waals surface area contributed by atoms with Crippen molar-refractivity contribution in [2.45, 2.75) is 38.3 Å². The van der Waals surface area contributed by atoms with Gasteiger partial charge in [0.1, 0.15) is 0 Å². The van der Waals surface area contributed by atoms with E-state index >= 15 is 0 Å². The minimum Gasteiger partial charge on any atom is -0.405 e. The summed E-state index contributed by atoms with van der Waals surface area (Å²) in [6.07, 6.45) is 4.26. The van der Waals surface area contributed by atoms with Gasteiger partial charge in [0, 0.05) is 30.9 Å². The molecule has 1 heterocycles. The average molecular weight is 498 g/mol. The number of carbonyl (C=O) groups excluding carboxylic acids is 1. The van der Waals surface area contributed by atoms with Crippen LogP contribution in [-0.4, -0.2) is 36.4 Å². The molecular weight excluding hydrogens is 462 g/mol. The zero-order chi connectivity index (χ0) is 25.6. The summed E-state index contributed by atoms with van der Waals surface area (Å²) < 4.78 is 9.14. The molecule has 0 aliphatic carbocycles. The van der Waals surface area contributed by atoms with E-state index in [1.165, 1.54) is 10.4 Å². The summed E-state index contributed by atoms with van der Waals surface area (Å²) in [7, 11) is -0.757. The standard InChI is InChI=1S/C30H35N3O2Si/c1-30(2,3)36(27-16-10-6-11-17-27,28-18-12-7-13-19-28)35-22-25(20-26-21-31-23-33(26)4)32-29(34)24-14-8-5-9-15-24/h5-19,21,23,25H,20,22H2,1-4H3,(H,32,34)/t25-/m0/s1. The van der Waals surface area contributed by atoms with E-state index in [0.29, 0.717) is 18.6 Å². The van der Waals surface area contributed by atoms with Crippen molar-refractivity contribution in [2.24, 2.45) is 7.05 Å². The molecule has 0 aliphatic heterocycles. The van der Waals surface area contributed by atoms with Crippen LogP contribution in [0.5, 0.6) is 0 Å². The van der Waals surface area contributed by atoms with E-state index < -0.39 is 8.32 Å². The molecule has 4 aromatic rings. The maximum Gasteiger partial charge on any atom is 0.261 e. The van der Waals surface area contributed by atoms with Crippen LogP contribution in [0.1, 0.15) is 36.8 Å². The molecule has 1 amide bonds. The Hall–Kier alpha value is -3.48. The number of nitrogens with zero attached hydrogens (tertiary/aromatic N) is 2. The third-order valence-corrected chi connectivity index (χ3v) is 11.7. The number of imidazole rings is 1. The van der Waals surface area contributed by atoms with Crippen molar-refractivity contribution < 1.29 is 9.22 Å². The maximum atomic E-state index is 13.2. The van der Waals surface area contributed by atoms with Gasteiger partial charge in [-0.25, -0.2) is 4.98 Å². The highest BCUT2D eigenvalue weighted by atomic mass is 28.4. The van der Waals surface area contributed by atoms with Gasteiger partial charge in [-0.05, 0) is 27.5 Å². The van der Waals surface area contributed by atoms with E-state index in [9.17, 15) is 4.79 Å². The second kappa shape index (κ2) is 11.1. The van der Waals surface area contributed by atoms with Gasteiger partial charge in [0.2, 0.25) is 0 Å². The fourth-order valence-electron chi connectivity index (χ4n) is 4.83. The van der Waals surface area contributed by atoms with E-state index in [2.05, 4.69) is 79.6 Å². The van der Waals surface area contributed by atoms with Crippen LogP contribution in [0.2, 0.25) is 5.04 Å². The lowest BCUT2D eigenvalue weighted by molar-refractivity contribution is 0.0919. The molecule has 0 fully saturated rings. The number of amides is 1. The van der Waals surface area contributed by atoms with Crippen molar-refractivity contribution in [3.63, 3.8) is 0 Å². The summed E-state index contributed by atoms with van der Waals surface area (Å²) >= 11 is 0. The Balaban J connectivity index is 1.70. The fraction of sp³-hybridized carbons (Fsp3) is 0.267. The van der Waals surface area contributed by atoms with E-state index in [4.69, 9.17) is 4.43 Å². The first-order chi connectivity index (χ1) is 17.3. The summed E-state index contributed by atoms with van der Waals surface area (Å²) in [6.45, 7) is 7.17. The summed E-state index contributed by atoms with van der Waals surface area (Å²) in [4.78, 5) is 17.4. The number of hydrogen-bond donors (Lipinski definition) is 1. The highest BCUT2D eigenvalue weighted by molar-refractivity contribution is 6.99. The molecule has 0 unspecified atom stereocenters. The molecule has 0 aliphatic rings. The van der Waals surface area contributed by atoms with Gasteiger partial charge in [-0.15, -0.1) is 0 Å². The van der Waals surface area contributed by atoms with Crippen molar-refractivity contribution in [3.05, 3.63) is 115 Å². The Morgan fingerprint density at radius 3 is 1.92 bits per heavy atom. The third-order valence-electron chi connectivity index (χ3n) is 6.66. The quantitative estimate of drug-likeness (QED) is 0.350. The number of aromatic nitrogens is 2. The molecule has 5 nitrogen and oxygen atoms in total. The zero-order valence-corrected chi connectivity index (χ0v) is 22.5. The minimum absolute atomic E-state index is 0.103. The third kappa shape index (κ3) is 5.50. The summed E-state index contributed by atoms with van der Waals surface area (Å²) in [5, 5.41) is 5.54. The van der Waals surface area contributed by atoms with Gasteiger partial charge in [0.15, 0.2) is 0 Å². The lowest BCUT2D eigenvalue weighted by Crippen LogP contribution is -2.67. The van der Waals surface area contributed by atoms with E-state index in [0.717, 1.165) is 5.69 Å². The molecule has 4 rings (SSSR count). The van der Waals surface area contributed by atoms with Crippen molar-refractivity contribution in [1.82, 2.24) is 14.9 Å². The Morgan fingerprint density at radius 1 is 0.917 bits per heavy atom. The highest BCUT2D eigenvalue weighted by Crippen LogP contribution is 2.36. The van der Waals surface area contributed by atoms with Crippen molar-refractivity contribution >= 4 is 24.6 Å². The van der Waals surface area contributed by atoms with Crippen LogP contribution in [0, 0.1) is 0 Å². The Kier molecular flexibility index (Phi) is 7.87. The lowest BCUT2D eigenvalue weighted by atomic mass is 10.1. The van der Waals surface area contributed by atoms with Crippen LogP contribution in [0.15, 0.2) is 104 Å². The Bertz CT molecular complexity index is 1210. The number of aryl methyl sites for hydroxylation is 1. The maximum absolute atomic E-state index is 13.2. The van der Waals surface area contributed by atoms with Gasteiger partial charge in [-0.1, -0.05) is 99.6 Å². The number of nitrogens with one attached hydrogen (secondary N) is 1.